The summed E-state index contributed by atoms with van der Waals surface area (Å²) in [5, 5.41) is 16.4. The van der Waals surface area contributed by atoms with Crippen molar-refractivity contribution in [1.82, 2.24) is 10.7 Å². The molecule has 2 aromatic rings. The summed E-state index contributed by atoms with van der Waals surface area (Å²) in [5.74, 6) is 0.825. The quantitative estimate of drug-likeness (QED) is 0.416. The molecule has 0 saturated carbocycles. The molecule has 2 aromatic carbocycles. The maximum Gasteiger partial charge on any atom is 0.187 e. The fraction of sp³-hybridized carbons (Fsp3) is 0.250. The van der Waals surface area contributed by atoms with E-state index in [1.807, 2.05) is 60.5 Å². The molecule has 0 fully saturated rings. The van der Waals surface area contributed by atoms with Gasteiger partial charge in [0.15, 0.2) is 5.11 Å². The molecule has 0 aromatic heterocycles. The second kappa shape index (κ2) is 10.8. The van der Waals surface area contributed by atoms with Gasteiger partial charge in [-0.25, -0.2) is 0 Å². The minimum Gasteiger partial charge on any atom is -0.497 e. The fourth-order valence-electron chi connectivity index (χ4n) is 2.29. The minimum atomic E-state index is 0.454. The number of thiocarbonyl (C=S) groups is 1. The van der Waals surface area contributed by atoms with Crippen LogP contribution in [0.2, 0.25) is 0 Å². The smallest absolute Gasteiger partial charge is 0.187 e. The molecule has 0 aliphatic rings. The number of ether oxygens (including phenoxy) is 1. The van der Waals surface area contributed by atoms with Crippen LogP contribution in [-0.4, -0.2) is 32.0 Å². The van der Waals surface area contributed by atoms with E-state index < -0.39 is 0 Å². The van der Waals surface area contributed by atoms with Crippen LogP contribution in [0.25, 0.3) is 0 Å². The molecule has 27 heavy (non-hydrogen) atoms. The van der Waals surface area contributed by atoms with Crippen molar-refractivity contribution in [2.45, 2.75) is 13.0 Å². The number of nitrogens with zero attached hydrogens (tertiary/aromatic N) is 3. The third-order valence-corrected chi connectivity index (χ3v) is 4.12. The molecule has 0 atom stereocenters. The maximum atomic E-state index is 8.65. The van der Waals surface area contributed by atoms with Crippen LogP contribution in [0.15, 0.2) is 53.6 Å². The first-order chi connectivity index (χ1) is 13.1. The number of hydrogen-bond acceptors (Lipinski definition) is 5. The number of rotatable bonds is 8. The Balaban J connectivity index is 1.77. The first-order valence-electron chi connectivity index (χ1n) is 8.50. The number of anilines is 1. The SMILES string of the molecule is COc1ccc(CNC(=S)N/N=C\c2ccc(N(C)CCC#N)cc2)cc1. The summed E-state index contributed by atoms with van der Waals surface area (Å²) < 4.78 is 5.13. The van der Waals surface area contributed by atoms with E-state index in [1.165, 1.54) is 0 Å². The highest BCUT2D eigenvalue weighted by Crippen LogP contribution is 2.13. The number of nitrogens with one attached hydrogen (secondary N) is 2. The fourth-order valence-corrected chi connectivity index (χ4v) is 2.42. The second-order valence-electron chi connectivity index (χ2n) is 5.82. The highest BCUT2D eigenvalue weighted by atomic mass is 32.1. The van der Waals surface area contributed by atoms with E-state index in [4.69, 9.17) is 22.2 Å². The van der Waals surface area contributed by atoms with Gasteiger partial charge in [0, 0.05) is 25.8 Å². The van der Waals surface area contributed by atoms with Gasteiger partial charge >= 0.3 is 0 Å². The molecule has 6 nitrogen and oxygen atoms in total. The molecule has 0 aliphatic carbocycles. The van der Waals surface area contributed by atoms with Crippen LogP contribution in [0, 0.1) is 11.3 Å². The number of nitriles is 1. The standard InChI is InChI=1S/C20H23N5OS/c1-25(13-3-12-21)18-8-4-17(5-9-18)15-23-24-20(27)22-14-16-6-10-19(26-2)11-7-16/h4-11,15H,3,13-14H2,1-2H3,(H2,22,24,27)/b23-15-. The number of hydrazone groups is 1. The van der Waals surface area contributed by atoms with Crippen molar-refractivity contribution >= 4 is 29.2 Å². The minimum absolute atomic E-state index is 0.454. The summed E-state index contributed by atoms with van der Waals surface area (Å²) >= 11 is 5.22. The first-order valence-corrected chi connectivity index (χ1v) is 8.91. The lowest BCUT2D eigenvalue weighted by molar-refractivity contribution is 0.414. The van der Waals surface area contributed by atoms with Crippen LogP contribution in [0.4, 0.5) is 5.69 Å². The third-order valence-electron chi connectivity index (χ3n) is 3.88. The number of hydrogen-bond donors (Lipinski definition) is 2. The lowest BCUT2D eigenvalue weighted by atomic mass is 10.2. The Hall–Kier alpha value is -3.11. The van der Waals surface area contributed by atoms with Gasteiger partial charge in [-0.2, -0.15) is 10.4 Å². The predicted octanol–water partition coefficient (Wildman–Crippen LogP) is 3.04. The number of benzene rings is 2. The first kappa shape index (κ1) is 20.2. The average Bonchev–Trinajstić information content (AvgIpc) is 2.71. The summed E-state index contributed by atoms with van der Waals surface area (Å²) in [7, 11) is 3.61. The molecule has 0 radical (unpaired) electrons. The third kappa shape index (κ3) is 6.96. The second-order valence-corrected chi connectivity index (χ2v) is 6.23. The van der Waals surface area contributed by atoms with Crippen molar-refractivity contribution in [2.75, 3.05) is 25.6 Å². The zero-order valence-corrected chi connectivity index (χ0v) is 16.3. The molecule has 2 rings (SSSR count). The van der Waals surface area contributed by atoms with E-state index in [0.717, 1.165) is 22.6 Å². The van der Waals surface area contributed by atoms with Crippen molar-refractivity contribution in [2.24, 2.45) is 5.10 Å². The Kier molecular flexibility index (Phi) is 8.07. The van der Waals surface area contributed by atoms with Gasteiger partial charge in [-0.1, -0.05) is 24.3 Å². The topological polar surface area (TPSA) is 72.7 Å². The molecule has 140 valence electrons. The Morgan fingerprint density at radius 1 is 1.22 bits per heavy atom. The van der Waals surface area contributed by atoms with E-state index >= 15 is 0 Å². The van der Waals surface area contributed by atoms with Crippen LogP contribution in [0.5, 0.6) is 5.75 Å². The largest absolute Gasteiger partial charge is 0.497 e. The highest BCUT2D eigenvalue weighted by molar-refractivity contribution is 7.80. The predicted molar refractivity (Wildman–Crippen MR) is 113 cm³/mol. The van der Waals surface area contributed by atoms with Crippen molar-refractivity contribution < 1.29 is 4.74 Å². The van der Waals surface area contributed by atoms with Crippen molar-refractivity contribution in [1.29, 1.82) is 5.26 Å². The molecular weight excluding hydrogens is 358 g/mol. The van der Waals surface area contributed by atoms with E-state index in [2.05, 4.69) is 21.9 Å². The number of methoxy groups -OCH3 is 1. The van der Waals surface area contributed by atoms with Crippen molar-refractivity contribution in [3.63, 3.8) is 0 Å². The van der Waals surface area contributed by atoms with Crippen LogP contribution < -0.4 is 20.4 Å². The van der Waals surface area contributed by atoms with Crippen molar-refractivity contribution in [3.05, 3.63) is 59.7 Å². The summed E-state index contributed by atoms with van der Waals surface area (Å²) in [6.07, 6.45) is 2.21. The molecule has 0 heterocycles. The Morgan fingerprint density at radius 2 is 1.93 bits per heavy atom. The molecule has 0 spiro atoms. The van der Waals surface area contributed by atoms with E-state index in [-0.39, 0.29) is 0 Å². The monoisotopic (exact) mass is 381 g/mol. The zero-order valence-electron chi connectivity index (χ0n) is 15.5. The van der Waals surface area contributed by atoms with Gasteiger partial charge in [-0.3, -0.25) is 5.43 Å². The molecule has 2 N–H and O–H groups in total. The molecule has 0 amide bonds. The van der Waals surface area contributed by atoms with E-state index in [0.29, 0.717) is 24.6 Å². The molecule has 0 unspecified atom stereocenters. The Morgan fingerprint density at radius 3 is 2.56 bits per heavy atom. The summed E-state index contributed by atoms with van der Waals surface area (Å²) in [4.78, 5) is 2.04. The van der Waals surface area contributed by atoms with E-state index in [1.54, 1.807) is 13.3 Å². The van der Waals surface area contributed by atoms with Gasteiger partial charge in [0.25, 0.3) is 0 Å². The maximum absolute atomic E-state index is 8.65. The van der Waals surface area contributed by atoms with Gasteiger partial charge in [0.05, 0.1) is 25.8 Å². The van der Waals surface area contributed by atoms with Gasteiger partial charge in [-0.15, -0.1) is 0 Å². The molecule has 0 bridgehead atoms. The van der Waals surface area contributed by atoms with Gasteiger partial charge in [0.2, 0.25) is 0 Å². The Bertz CT molecular complexity index is 797. The summed E-state index contributed by atoms with van der Waals surface area (Å²) in [6.45, 7) is 1.31. The summed E-state index contributed by atoms with van der Waals surface area (Å²) in [6, 6.07) is 17.9. The Labute approximate surface area is 165 Å². The van der Waals surface area contributed by atoms with Crippen molar-refractivity contribution in [3.8, 4) is 11.8 Å². The van der Waals surface area contributed by atoms with Gasteiger partial charge in [-0.05, 0) is 47.6 Å². The van der Waals surface area contributed by atoms with Crippen LogP contribution >= 0.6 is 12.2 Å². The van der Waals surface area contributed by atoms with Gasteiger partial charge < -0.3 is 15.0 Å². The highest BCUT2D eigenvalue weighted by Gasteiger charge is 2.00. The molecule has 7 heteroatoms. The van der Waals surface area contributed by atoms with Crippen LogP contribution in [0.3, 0.4) is 0 Å². The molecule has 0 aliphatic heterocycles. The van der Waals surface area contributed by atoms with Crippen LogP contribution in [0.1, 0.15) is 17.5 Å². The molecule has 0 saturated heterocycles. The zero-order chi connectivity index (χ0) is 19.5. The molecular formula is C20H23N5OS. The van der Waals surface area contributed by atoms with Gasteiger partial charge in [0.1, 0.15) is 5.75 Å². The average molecular weight is 382 g/mol. The van der Waals surface area contributed by atoms with E-state index in [9.17, 15) is 0 Å². The lowest BCUT2D eigenvalue weighted by Crippen LogP contribution is -2.31. The lowest BCUT2D eigenvalue weighted by Gasteiger charge is -2.17. The summed E-state index contributed by atoms with van der Waals surface area (Å²) in [5.41, 5.74) is 5.92. The normalized spacial score (nSPS) is 10.3. The van der Waals surface area contributed by atoms with Crippen LogP contribution in [-0.2, 0) is 6.54 Å².